The van der Waals surface area contributed by atoms with Crippen LogP contribution in [0.5, 0.6) is 11.5 Å². The predicted octanol–water partition coefficient (Wildman–Crippen LogP) is -13.3. The minimum absolute atomic E-state index is 0. The Morgan fingerprint density at radius 3 is 1.19 bits per heavy atom. The Bertz CT molecular complexity index is 4490. The quantitative estimate of drug-likeness (QED) is 0.0232. The van der Waals surface area contributed by atoms with Gasteiger partial charge in [0.1, 0.15) is 74.7 Å². The van der Waals surface area contributed by atoms with E-state index in [1.54, 1.807) is 13.8 Å². The van der Waals surface area contributed by atoms with Crippen molar-refractivity contribution in [2.45, 2.75) is 46.3 Å². The van der Waals surface area contributed by atoms with Crippen LogP contribution in [0.2, 0.25) is 0 Å². The maximum Gasteiger partial charge on any atom is 1.00 e. The number of nitrogens with zero attached hydrogens (tertiary/aromatic N) is 8. The summed E-state index contributed by atoms with van der Waals surface area (Å²) in [6.07, 6.45) is -0.561. The van der Waals surface area contributed by atoms with E-state index >= 15 is 0 Å². The molecule has 0 amide bonds. The number of hydrogen-bond donors (Lipinski definition) is 3. The molecule has 0 bridgehead atoms. The number of aromatic amines is 2. The Kier molecular flexibility index (Phi) is 32.7. The molecule has 0 aliphatic carbocycles. The van der Waals surface area contributed by atoms with E-state index in [1.165, 1.54) is 72.8 Å². The maximum atomic E-state index is 12.6. The maximum absolute atomic E-state index is 12.6. The molecule has 6 aromatic carbocycles. The molecular formula is C51H47Li6N11O20S6. The molecule has 0 saturated carbocycles. The van der Waals surface area contributed by atoms with Crippen molar-refractivity contribution < 1.29 is 200 Å². The fourth-order valence-corrected chi connectivity index (χ4v) is 11.5. The smallest absolute Gasteiger partial charge is 0.748 e. The number of H-pyrrole nitrogens is 2. The number of azo groups is 2. The number of anilines is 1. The molecule has 94 heavy (non-hydrogen) atoms. The van der Waals surface area contributed by atoms with Crippen molar-refractivity contribution in [3.8, 4) is 33.8 Å². The standard InChI is InChI=1S/C51H53N11O20S6.6Li/c1-31-25-43(45(81-21-3-23-83(63,64)65)29-41(31)60-58-39-15-9-35(27-47(39)87(75,76)77)33-5-11-37(12-6-33)85(69,70)71)53-49-55-50(57-51(56-49)62-19-17-52-18-20-62)54-44-26-32(2)42(30-46(44)82-22-4-24-84(66,67)68)61-59-40-16-10-36(28-48(40)88(78,79)80)34-7-13-38(14-8-34)86(72,73)74;;;;;;/h5-16,25-30,52H,3-4,17-24H2,1-2H3,(H,63,64,65)(H,66,67,68)(H,69,70,71)(H,72,73,74)(H,75,76,77)(H,78,79,80)(H2,53,54,55,56,57);;;;;;/q;6*+1/p-6. The van der Waals surface area contributed by atoms with Crippen LogP contribution in [0, 0.1) is 13.8 Å². The molecule has 31 nitrogen and oxygen atoms in total. The summed E-state index contributed by atoms with van der Waals surface area (Å²) in [5.41, 5.74) is 0.494. The molecule has 0 radical (unpaired) electrons. The average Bonchev–Trinajstić information content (AvgIpc) is 0.823. The van der Waals surface area contributed by atoms with Crippen molar-refractivity contribution in [3.05, 3.63) is 132 Å². The molecule has 43 heteroatoms. The van der Waals surface area contributed by atoms with Gasteiger partial charge >= 0.3 is 113 Å². The largest absolute Gasteiger partial charge is 1.00 e. The first-order chi connectivity index (χ1) is 41.2. The molecule has 7 aromatic rings. The Hall–Kier alpha value is -4.47. The molecule has 1 fully saturated rings. The number of aryl methyl sites for hydroxylation is 2. The van der Waals surface area contributed by atoms with Crippen LogP contribution < -0.4 is 144 Å². The fourth-order valence-electron chi connectivity index (χ4n) is 8.35. The minimum Gasteiger partial charge on any atom is -0.748 e. The van der Waals surface area contributed by atoms with E-state index < -0.39 is 103 Å². The Morgan fingerprint density at radius 2 is 0.819 bits per heavy atom. The van der Waals surface area contributed by atoms with E-state index in [4.69, 9.17) is 24.4 Å². The van der Waals surface area contributed by atoms with Crippen molar-refractivity contribution in [1.82, 2.24) is 20.3 Å². The topological polar surface area (TPSA) is 496 Å². The molecule has 1 aliphatic heterocycles. The van der Waals surface area contributed by atoms with E-state index in [2.05, 4.69) is 35.7 Å². The number of rotatable bonds is 23. The van der Waals surface area contributed by atoms with Gasteiger partial charge in [-0.1, -0.05) is 36.4 Å². The van der Waals surface area contributed by atoms with Crippen molar-refractivity contribution >= 4 is 101 Å². The molecule has 2 heterocycles. The van der Waals surface area contributed by atoms with Crippen LogP contribution in [0.1, 0.15) is 24.0 Å². The zero-order valence-corrected chi connectivity index (χ0v) is 56.6. The van der Waals surface area contributed by atoms with Crippen LogP contribution >= 0.6 is 0 Å². The van der Waals surface area contributed by atoms with Gasteiger partial charge < -0.3 is 47.0 Å². The summed E-state index contributed by atoms with van der Waals surface area (Å²) in [6, 6.07) is 21.5. The second-order valence-electron chi connectivity index (χ2n) is 19.1. The van der Waals surface area contributed by atoms with Crippen LogP contribution in [0.4, 0.5) is 40.1 Å². The van der Waals surface area contributed by atoms with Gasteiger partial charge in [-0.05, 0) is 121 Å². The first-order valence-corrected chi connectivity index (χ1v) is 34.3. The first kappa shape index (κ1) is 85.6. The zero-order valence-electron chi connectivity index (χ0n) is 51.7. The normalized spacial score (nSPS) is 13.4. The molecule has 0 unspecified atom stereocenters. The number of ether oxygens (including phenoxy) is 2. The van der Waals surface area contributed by atoms with Gasteiger partial charge in [0.05, 0.1) is 64.4 Å². The summed E-state index contributed by atoms with van der Waals surface area (Å²) in [7, 11) is -29.5. The van der Waals surface area contributed by atoms with Crippen LogP contribution in [0.25, 0.3) is 22.3 Å². The van der Waals surface area contributed by atoms with E-state index in [-0.39, 0.29) is 213 Å². The van der Waals surface area contributed by atoms with Gasteiger partial charge in [-0.25, -0.2) is 60.5 Å². The van der Waals surface area contributed by atoms with Crippen LogP contribution in [0.15, 0.2) is 159 Å². The number of aromatic nitrogens is 3. The Labute approximate surface area is 613 Å². The van der Waals surface area contributed by atoms with Gasteiger partial charge in [-0.15, -0.1) is 10.2 Å². The van der Waals surface area contributed by atoms with Gasteiger partial charge in [-0.2, -0.15) is 15.2 Å². The van der Waals surface area contributed by atoms with Crippen molar-refractivity contribution in [2.75, 3.05) is 55.8 Å². The molecule has 0 spiro atoms. The van der Waals surface area contributed by atoms with Gasteiger partial charge in [0.15, 0.2) is 0 Å². The van der Waals surface area contributed by atoms with Gasteiger partial charge in [0, 0.05) is 49.8 Å². The van der Waals surface area contributed by atoms with E-state index in [9.17, 15) is 77.8 Å². The van der Waals surface area contributed by atoms with Crippen LogP contribution in [0.3, 0.4) is 0 Å². The fraction of sp³-hybridized carbons (Fsp3) is 0.235. The van der Waals surface area contributed by atoms with Crippen molar-refractivity contribution in [2.24, 2.45) is 30.4 Å². The SMILES string of the molecule is Cc1cc(N=c2nc(N3CCNCC3)[nH]c(=Nc3cc(C)c(N=Nc4ccc(-c5ccc(S(=O)(=O)[O-])cc5)cc4S(=O)(=O)[O-])cc3OCCCS(=O)(=O)[O-])[nH]2)c(OCCCS(=O)(=O)[O-])cc1N=Nc1ccc(-c2ccc(S(=O)(=O)[O-])cc2)cc1S(=O)(=O)[O-].[Li+].[Li+].[Li+].[Li+].[Li+].[Li+]. The number of piperazine rings is 1. The van der Waals surface area contributed by atoms with Gasteiger partial charge in [-0.3, -0.25) is 9.97 Å². The van der Waals surface area contributed by atoms with E-state index in [0.29, 0.717) is 37.3 Å². The third-order valence-corrected chi connectivity index (χ3v) is 17.6. The Balaban J connectivity index is 0.00000501. The summed E-state index contributed by atoms with van der Waals surface area (Å²) in [4.78, 5) is 19.4. The van der Waals surface area contributed by atoms with Gasteiger partial charge in [0.25, 0.3) is 0 Å². The van der Waals surface area contributed by atoms with Crippen molar-refractivity contribution in [3.63, 3.8) is 0 Å². The molecule has 3 N–H and O–H groups in total. The third-order valence-electron chi connectivity index (χ3n) is 12.6. The summed E-state index contributed by atoms with van der Waals surface area (Å²) in [5, 5.41) is 19.7. The molecule has 1 saturated heterocycles. The number of nitrogens with one attached hydrogen (secondary N) is 3. The zero-order chi connectivity index (χ0) is 64.0. The summed E-state index contributed by atoms with van der Waals surface area (Å²) in [5.74, 6) is -1.57. The minimum atomic E-state index is -5.25. The predicted molar refractivity (Wildman–Crippen MR) is 304 cm³/mol. The second-order valence-corrected chi connectivity index (χ2v) is 27.6. The third kappa shape index (κ3) is 24.5. The average molecular weight is 1370 g/mol. The molecule has 1 aliphatic rings. The molecular weight excluding hydrogens is 1320 g/mol. The van der Waals surface area contributed by atoms with Gasteiger partial charge in [0.2, 0.25) is 17.2 Å². The molecule has 8 rings (SSSR count). The van der Waals surface area contributed by atoms with Crippen LogP contribution in [-0.4, -0.2) is 144 Å². The van der Waals surface area contributed by atoms with E-state index in [1.807, 2.05) is 4.90 Å². The molecule has 0 atom stereocenters. The molecule has 1 aromatic heterocycles. The van der Waals surface area contributed by atoms with Crippen LogP contribution in [-0.2, 0) is 60.7 Å². The second kappa shape index (κ2) is 35.9. The first-order valence-electron chi connectivity index (χ1n) is 25.5. The monoisotopic (exact) mass is 1370 g/mol. The van der Waals surface area contributed by atoms with Crippen molar-refractivity contribution in [1.29, 1.82) is 0 Å². The van der Waals surface area contributed by atoms with E-state index in [0.717, 1.165) is 36.4 Å². The summed E-state index contributed by atoms with van der Waals surface area (Å²) < 4.78 is 225. The summed E-state index contributed by atoms with van der Waals surface area (Å²) in [6.45, 7) is 4.32. The summed E-state index contributed by atoms with van der Waals surface area (Å²) >= 11 is 0. The Morgan fingerprint density at radius 1 is 0.447 bits per heavy atom. The number of benzene rings is 6. The molecule has 468 valence electrons. The number of hydrogen-bond acceptors (Lipinski definition) is 29.